The van der Waals surface area contributed by atoms with E-state index in [0.29, 0.717) is 5.91 Å². The lowest BCUT2D eigenvalue weighted by atomic mass is 10.0. The molecule has 1 atom stereocenters. The summed E-state index contributed by atoms with van der Waals surface area (Å²) in [6, 6.07) is 10.7. The van der Waals surface area contributed by atoms with Gasteiger partial charge in [0.15, 0.2) is 0 Å². The zero-order valence-electron chi connectivity index (χ0n) is 11.8. The molecule has 0 N–H and O–H groups in total. The number of nitrogens with zero attached hydrogens (tertiary/aromatic N) is 1. The van der Waals surface area contributed by atoms with Crippen LogP contribution in [-0.2, 0) is 4.79 Å². The van der Waals surface area contributed by atoms with E-state index >= 15 is 0 Å². The Hall–Kier alpha value is -1.31. The van der Waals surface area contributed by atoms with Gasteiger partial charge in [-0.3, -0.25) is 4.79 Å². The summed E-state index contributed by atoms with van der Waals surface area (Å²) in [5.74, 6) is 0.314. The molecule has 1 aromatic carbocycles. The first-order valence-corrected chi connectivity index (χ1v) is 6.83. The third-order valence-corrected chi connectivity index (χ3v) is 4.01. The Kier molecular flexibility index (Phi) is 3.47. The van der Waals surface area contributed by atoms with Gasteiger partial charge in [0.2, 0.25) is 5.91 Å². The highest BCUT2D eigenvalue weighted by molar-refractivity contribution is 5.85. The maximum absolute atomic E-state index is 12.6. The number of rotatable bonds is 4. The van der Waals surface area contributed by atoms with Gasteiger partial charge in [-0.15, -0.1) is 0 Å². The molecule has 1 saturated carbocycles. The molecule has 0 aromatic heterocycles. The van der Waals surface area contributed by atoms with Crippen LogP contribution in [0.4, 0.5) is 0 Å². The van der Waals surface area contributed by atoms with Crippen molar-refractivity contribution < 1.29 is 4.79 Å². The highest BCUT2D eigenvalue weighted by Crippen LogP contribution is 2.48. The molecule has 1 aliphatic rings. The van der Waals surface area contributed by atoms with Crippen LogP contribution in [0.15, 0.2) is 30.3 Å². The largest absolute Gasteiger partial charge is 0.333 e. The van der Waals surface area contributed by atoms with Gasteiger partial charge in [0.1, 0.15) is 0 Å². The third kappa shape index (κ3) is 2.43. The fraction of sp³-hybridized carbons (Fsp3) is 0.562. The molecular formula is C16H23NO. The van der Waals surface area contributed by atoms with E-state index < -0.39 is 0 Å². The zero-order valence-corrected chi connectivity index (χ0v) is 11.8. The van der Waals surface area contributed by atoms with E-state index in [1.807, 2.05) is 23.1 Å². The van der Waals surface area contributed by atoms with Crippen molar-refractivity contribution in [2.75, 3.05) is 0 Å². The monoisotopic (exact) mass is 245 g/mol. The maximum atomic E-state index is 12.6. The number of carbonyl (C=O) groups excluding carboxylic acids is 1. The summed E-state index contributed by atoms with van der Waals surface area (Å²) in [6.07, 6.45) is 2.08. The summed E-state index contributed by atoms with van der Waals surface area (Å²) in [5, 5.41) is 0. The minimum atomic E-state index is -0.0900. The van der Waals surface area contributed by atoms with Gasteiger partial charge in [0.25, 0.3) is 0 Å². The molecule has 18 heavy (non-hydrogen) atoms. The lowest BCUT2D eigenvalue weighted by Gasteiger charge is -2.35. The normalized spacial score (nSPS) is 18.5. The first-order chi connectivity index (χ1) is 8.46. The van der Waals surface area contributed by atoms with Crippen LogP contribution in [0.1, 0.15) is 52.1 Å². The Bertz CT molecular complexity index is 420. The van der Waals surface area contributed by atoms with Crippen LogP contribution in [0.5, 0.6) is 0 Å². The fourth-order valence-electron chi connectivity index (χ4n) is 2.46. The molecule has 1 aromatic rings. The first kappa shape index (κ1) is 13.1. The van der Waals surface area contributed by atoms with Crippen LogP contribution in [0.25, 0.3) is 0 Å². The Labute approximate surface area is 110 Å². The van der Waals surface area contributed by atoms with Gasteiger partial charge in [-0.2, -0.15) is 0 Å². The lowest BCUT2D eigenvalue weighted by molar-refractivity contribution is -0.140. The van der Waals surface area contributed by atoms with Crippen LogP contribution < -0.4 is 0 Å². The van der Waals surface area contributed by atoms with Crippen LogP contribution >= 0.6 is 0 Å². The van der Waals surface area contributed by atoms with Gasteiger partial charge in [-0.25, -0.2) is 0 Å². The van der Waals surface area contributed by atoms with Crippen LogP contribution in [-0.4, -0.2) is 16.8 Å². The van der Waals surface area contributed by atoms with Crippen molar-refractivity contribution >= 4 is 5.91 Å². The second-order valence-electron chi connectivity index (χ2n) is 5.95. The summed E-state index contributed by atoms with van der Waals surface area (Å²) in [5.41, 5.74) is 1.12. The predicted octanol–water partition coefficient (Wildman–Crippen LogP) is 3.78. The summed E-state index contributed by atoms with van der Waals surface area (Å²) >= 11 is 0. The summed E-state index contributed by atoms with van der Waals surface area (Å²) in [7, 11) is 0. The van der Waals surface area contributed by atoms with Crippen molar-refractivity contribution in [3.63, 3.8) is 0 Å². The van der Waals surface area contributed by atoms with Crippen LogP contribution in [0.3, 0.4) is 0 Å². The average molecular weight is 245 g/mol. The Balaban J connectivity index is 2.23. The fourth-order valence-corrected chi connectivity index (χ4v) is 2.46. The molecule has 1 unspecified atom stereocenters. The van der Waals surface area contributed by atoms with Crippen molar-refractivity contribution in [3.05, 3.63) is 35.9 Å². The topological polar surface area (TPSA) is 20.3 Å². The molecule has 0 heterocycles. The second kappa shape index (κ2) is 4.75. The van der Waals surface area contributed by atoms with Crippen molar-refractivity contribution in [2.45, 2.75) is 52.6 Å². The Morgan fingerprint density at radius 3 is 2.17 bits per heavy atom. The molecule has 2 rings (SSSR count). The van der Waals surface area contributed by atoms with Crippen LogP contribution in [0, 0.1) is 5.41 Å². The van der Waals surface area contributed by atoms with E-state index in [4.69, 9.17) is 0 Å². The van der Waals surface area contributed by atoms with E-state index in [2.05, 4.69) is 39.8 Å². The molecule has 1 aliphatic carbocycles. The molecule has 98 valence electrons. The van der Waals surface area contributed by atoms with Crippen molar-refractivity contribution in [2.24, 2.45) is 5.41 Å². The molecule has 2 nitrogen and oxygen atoms in total. The minimum absolute atomic E-state index is 0.0900. The van der Waals surface area contributed by atoms with E-state index in [0.717, 1.165) is 12.8 Å². The number of carbonyl (C=O) groups is 1. The second-order valence-corrected chi connectivity index (χ2v) is 5.95. The maximum Gasteiger partial charge on any atom is 0.229 e. The van der Waals surface area contributed by atoms with Gasteiger partial charge in [0.05, 0.1) is 6.04 Å². The number of hydrogen-bond acceptors (Lipinski definition) is 1. The van der Waals surface area contributed by atoms with Gasteiger partial charge < -0.3 is 4.90 Å². The average Bonchev–Trinajstić information content (AvgIpc) is 3.09. The van der Waals surface area contributed by atoms with Gasteiger partial charge in [-0.1, -0.05) is 37.3 Å². The minimum Gasteiger partial charge on any atom is -0.333 e. The quantitative estimate of drug-likeness (QED) is 0.790. The lowest BCUT2D eigenvalue weighted by Crippen LogP contribution is -2.42. The number of benzene rings is 1. The predicted molar refractivity (Wildman–Crippen MR) is 74.2 cm³/mol. The van der Waals surface area contributed by atoms with Crippen molar-refractivity contribution in [1.82, 2.24) is 4.90 Å². The van der Waals surface area contributed by atoms with Gasteiger partial charge in [-0.05, 0) is 39.2 Å². The summed E-state index contributed by atoms with van der Waals surface area (Å²) in [4.78, 5) is 14.7. The molecule has 1 fully saturated rings. The van der Waals surface area contributed by atoms with Gasteiger partial charge in [0, 0.05) is 11.5 Å². The van der Waals surface area contributed by atoms with E-state index in [1.165, 1.54) is 5.56 Å². The smallest absolute Gasteiger partial charge is 0.229 e. The molecule has 0 saturated heterocycles. The highest BCUT2D eigenvalue weighted by atomic mass is 16.2. The van der Waals surface area contributed by atoms with Crippen molar-refractivity contribution in [3.8, 4) is 0 Å². The molecule has 0 spiro atoms. The Morgan fingerprint density at radius 1 is 1.17 bits per heavy atom. The Morgan fingerprint density at radius 2 is 1.72 bits per heavy atom. The number of amides is 1. The standard InChI is InChI=1S/C16H23NO/c1-12(2)17(15(18)16(4)10-11-16)13(3)14-8-6-5-7-9-14/h5-9,12-13H,10-11H2,1-4H3. The SMILES string of the molecule is CC(C)N(C(=O)C1(C)CC1)C(C)c1ccccc1. The first-order valence-electron chi connectivity index (χ1n) is 6.83. The highest BCUT2D eigenvalue weighted by Gasteiger charge is 2.48. The third-order valence-electron chi connectivity index (χ3n) is 4.01. The molecule has 0 bridgehead atoms. The van der Waals surface area contributed by atoms with E-state index in [1.54, 1.807) is 0 Å². The zero-order chi connectivity index (χ0) is 13.3. The van der Waals surface area contributed by atoms with Gasteiger partial charge >= 0.3 is 0 Å². The number of hydrogen-bond donors (Lipinski definition) is 0. The summed E-state index contributed by atoms with van der Waals surface area (Å²) < 4.78 is 0. The molecule has 0 aliphatic heterocycles. The van der Waals surface area contributed by atoms with E-state index in [9.17, 15) is 4.79 Å². The molecular weight excluding hydrogens is 222 g/mol. The molecule has 0 radical (unpaired) electrons. The van der Waals surface area contributed by atoms with Crippen molar-refractivity contribution in [1.29, 1.82) is 0 Å². The van der Waals surface area contributed by atoms with Crippen LogP contribution in [0.2, 0.25) is 0 Å². The summed E-state index contributed by atoms with van der Waals surface area (Å²) in [6.45, 7) is 8.41. The van der Waals surface area contributed by atoms with E-state index in [-0.39, 0.29) is 17.5 Å². The molecule has 2 heteroatoms. The molecule has 1 amide bonds.